The molecule has 2 bridgehead atoms. The molecule has 2 aliphatic heterocycles. The molecule has 3 heterocycles. The van der Waals surface area contributed by atoms with E-state index in [1.807, 2.05) is 7.05 Å². The number of aromatic nitrogens is 2. The van der Waals surface area contributed by atoms with Crippen molar-refractivity contribution >= 4 is 0 Å². The van der Waals surface area contributed by atoms with Gasteiger partial charge in [0.2, 0.25) is 0 Å². The molecule has 5 heteroatoms. The molecule has 3 nitrogen and oxygen atoms in total. The first-order valence-electron chi connectivity index (χ1n) is 7.40. The smallest absolute Gasteiger partial charge is 0.159 e. The maximum Gasteiger partial charge on any atom is 0.159 e. The van der Waals surface area contributed by atoms with Gasteiger partial charge in [-0.2, -0.15) is 5.10 Å². The molecule has 0 aliphatic carbocycles. The molecule has 1 N–H and O–H groups in total. The average molecular weight is 289 g/mol. The van der Waals surface area contributed by atoms with E-state index in [-0.39, 0.29) is 0 Å². The fourth-order valence-corrected chi connectivity index (χ4v) is 3.72. The van der Waals surface area contributed by atoms with Crippen molar-refractivity contribution in [2.24, 2.45) is 7.05 Å². The molecule has 0 radical (unpaired) electrons. The fourth-order valence-electron chi connectivity index (χ4n) is 3.72. The number of hydrogen-bond acceptors (Lipinski definition) is 2. The summed E-state index contributed by atoms with van der Waals surface area (Å²) in [6, 6.07) is 4.87. The number of halogens is 2. The molecule has 2 aliphatic rings. The molecule has 4 rings (SSSR count). The number of hydrogen-bond donors (Lipinski definition) is 1. The molecule has 1 aromatic heterocycles. The summed E-state index contributed by atoms with van der Waals surface area (Å²) in [6.07, 6.45) is 4.40. The van der Waals surface area contributed by atoms with Crippen molar-refractivity contribution in [1.82, 2.24) is 15.1 Å². The van der Waals surface area contributed by atoms with Gasteiger partial charge in [0.15, 0.2) is 11.6 Å². The van der Waals surface area contributed by atoms with Crippen LogP contribution in [0.1, 0.15) is 36.6 Å². The average Bonchev–Trinajstić information content (AvgIpc) is 2.79. The lowest BCUT2D eigenvalue weighted by Crippen LogP contribution is -2.42. The van der Waals surface area contributed by atoms with Gasteiger partial charge in [0.05, 0.1) is 17.4 Å². The maximum atomic E-state index is 13.5. The molecular weight excluding hydrogens is 272 g/mol. The number of nitrogens with one attached hydrogen (secondary N) is 1. The number of fused-ring (bicyclic) bond motifs is 4. The number of aryl methyl sites for hydroxylation is 1. The highest BCUT2D eigenvalue weighted by atomic mass is 19.2. The Morgan fingerprint density at radius 1 is 1.24 bits per heavy atom. The van der Waals surface area contributed by atoms with Crippen molar-refractivity contribution in [2.45, 2.75) is 37.8 Å². The van der Waals surface area contributed by atoms with Gasteiger partial charge in [-0.25, -0.2) is 8.78 Å². The Bertz CT molecular complexity index is 708. The second-order valence-corrected chi connectivity index (χ2v) is 6.02. The molecular formula is C16H17F2N3. The predicted octanol–water partition coefficient (Wildman–Crippen LogP) is 3.10. The Morgan fingerprint density at radius 3 is 2.90 bits per heavy atom. The van der Waals surface area contributed by atoms with E-state index < -0.39 is 11.6 Å². The zero-order valence-corrected chi connectivity index (χ0v) is 11.9. The van der Waals surface area contributed by atoms with Gasteiger partial charge in [0.25, 0.3) is 0 Å². The van der Waals surface area contributed by atoms with Crippen LogP contribution in [0.5, 0.6) is 0 Å². The van der Waals surface area contributed by atoms with Crippen LogP contribution in [0.15, 0.2) is 18.2 Å². The van der Waals surface area contributed by atoms with Gasteiger partial charge in [-0.15, -0.1) is 0 Å². The van der Waals surface area contributed by atoms with Crippen molar-refractivity contribution in [3.05, 3.63) is 41.1 Å². The molecule has 1 fully saturated rings. The number of benzene rings is 1. The molecule has 21 heavy (non-hydrogen) atoms. The molecule has 1 aromatic carbocycles. The van der Waals surface area contributed by atoms with Crippen LogP contribution in [-0.2, 0) is 13.5 Å². The van der Waals surface area contributed by atoms with Crippen LogP contribution in [0, 0.1) is 11.6 Å². The lowest BCUT2D eigenvalue weighted by atomic mass is 9.84. The Morgan fingerprint density at radius 2 is 2.10 bits per heavy atom. The lowest BCUT2D eigenvalue weighted by molar-refractivity contribution is 0.297. The van der Waals surface area contributed by atoms with E-state index in [4.69, 9.17) is 0 Å². The van der Waals surface area contributed by atoms with E-state index in [9.17, 15) is 8.78 Å². The monoisotopic (exact) mass is 289 g/mol. The van der Waals surface area contributed by atoms with Gasteiger partial charge in [-0.3, -0.25) is 4.68 Å². The SMILES string of the molecule is Cn1nc2c(c1-c1ccc(F)c(F)c1)C[C@H]1CCC[C@@H]2N1. The zero-order chi connectivity index (χ0) is 14.6. The minimum atomic E-state index is -0.812. The van der Waals surface area contributed by atoms with Crippen LogP contribution in [0.4, 0.5) is 8.78 Å². The third-order valence-corrected chi connectivity index (χ3v) is 4.63. The summed E-state index contributed by atoms with van der Waals surface area (Å²) < 4.78 is 28.5. The zero-order valence-electron chi connectivity index (χ0n) is 11.9. The van der Waals surface area contributed by atoms with E-state index >= 15 is 0 Å². The van der Waals surface area contributed by atoms with Crippen LogP contribution in [0.3, 0.4) is 0 Å². The second kappa shape index (κ2) is 4.63. The predicted molar refractivity (Wildman–Crippen MR) is 75.8 cm³/mol. The molecule has 110 valence electrons. The number of rotatable bonds is 1. The topological polar surface area (TPSA) is 29.9 Å². The first-order chi connectivity index (χ1) is 10.1. The molecule has 0 unspecified atom stereocenters. The lowest BCUT2D eigenvalue weighted by Gasteiger charge is -2.35. The summed E-state index contributed by atoms with van der Waals surface area (Å²) in [5.41, 5.74) is 3.89. The van der Waals surface area contributed by atoms with E-state index in [0.29, 0.717) is 17.6 Å². The number of piperidine rings is 1. The van der Waals surface area contributed by atoms with Crippen LogP contribution in [-0.4, -0.2) is 15.8 Å². The Labute approximate surface area is 122 Å². The van der Waals surface area contributed by atoms with E-state index in [2.05, 4.69) is 10.4 Å². The highest BCUT2D eigenvalue weighted by Gasteiger charge is 2.34. The van der Waals surface area contributed by atoms with Crippen LogP contribution in [0.2, 0.25) is 0 Å². The van der Waals surface area contributed by atoms with Crippen molar-refractivity contribution in [3.8, 4) is 11.3 Å². The van der Waals surface area contributed by atoms with Crippen molar-refractivity contribution in [2.75, 3.05) is 0 Å². The van der Waals surface area contributed by atoms with Crippen molar-refractivity contribution in [3.63, 3.8) is 0 Å². The highest BCUT2D eigenvalue weighted by Crippen LogP contribution is 2.38. The van der Waals surface area contributed by atoms with Crippen molar-refractivity contribution < 1.29 is 8.78 Å². The summed E-state index contributed by atoms with van der Waals surface area (Å²) in [6.45, 7) is 0. The molecule has 0 amide bonds. The highest BCUT2D eigenvalue weighted by molar-refractivity contribution is 5.65. The summed E-state index contributed by atoms with van der Waals surface area (Å²) in [5.74, 6) is -1.62. The summed E-state index contributed by atoms with van der Waals surface area (Å²) in [7, 11) is 1.87. The third kappa shape index (κ3) is 1.99. The van der Waals surface area contributed by atoms with Gasteiger partial charge in [-0.05, 0) is 43.9 Å². The fraction of sp³-hybridized carbons (Fsp3) is 0.438. The van der Waals surface area contributed by atoms with E-state index in [1.54, 1.807) is 10.7 Å². The first kappa shape index (κ1) is 13.0. The van der Waals surface area contributed by atoms with Gasteiger partial charge in [0.1, 0.15) is 0 Å². The third-order valence-electron chi connectivity index (χ3n) is 4.63. The molecule has 1 saturated heterocycles. The van der Waals surface area contributed by atoms with Crippen LogP contribution < -0.4 is 5.32 Å². The van der Waals surface area contributed by atoms with Crippen LogP contribution in [0.25, 0.3) is 11.3 Å². The van der Waals surface area contributed by atoms with Crippen LogP contribution >= 0.6 is 0 Å². The van der Waals surface area contributed by atoms with Gasteiger partial charge >= 0.3 is 0 Å². The van der Waals surface area contributed by atoms with Gasteiger partial charge in [-0.1, -0.05) is 0 Å². The Hall–Kier alpha value is -1.75. The maximum absolute atomic E-state index is 13.5. The van der Waals surface area contributed by atoms with Gasteiger partial charge < -0.3 is 5.32 Å². The molecule has 2 aromatic rings. The molecule has 2 atom stereocenters. The molecule has 0 spiro atoms. The largest absolute Gasteiger partial charge is 0.305 e. The first-order valence-corrected chi connectivity index (χ1v) is 7.40. The summed E-state index contributed by atoms with van der Waals surface area (Å²) in [4.78, 5) is 0. The minimum Gasteiger partial charge on any atom is -0.305 e. The Balaban J connectivity index is 1.86. The minimum absolute atomic E-state index is 0.303. The normalized spacial score (nSPS) is 24.0. The summed E-state index contributed by atoms with van der Waals surface area (Å²) in [5, 5.41) is 8.25. The molecule has 0 saturated carbocycles. The number of nitrogens with zero attached hydrogens (tertiary/aromatic N) is 2. The van der Waals surface area contributed by atoms with Gasteiger partial charge in [0, 0.05) is 24.2 Å². The van der Waals surface area contributed by atoms with E-state index in [1.165, 1.54) is 30.5 Å². The summed E-state index contributed by atoms with van der Waals surface area (Å²) >= 11 is 0. The van der Waals surface area contributed by atoms with E-state index in [0.717, 1.165) is 24.2 Å². The van der Waals surface area contributed by atoms with Crippen molar-refractivity contribution in [1.29, 1.82) is 0 Å². The second-order valence-electron chi connectivity index (χ2n) is 6.02. The Kier molecular flexibility index (Phi) is 2.85. The quantitative estimate of drug-likeness (QED) is 0.874. The standard InChI is InChI=1S/C16H17F2N3/c1-21-16(9-5-6-12(17)13(18)7-9)11-8-10-3-2-4-14(19-10)15(11)20-21/h5-7,10,14,19H,2-4,8H2,1H3/t10-,14+/m1/s1.